The number of hydrogen-bond donors (Lipinski definition) is 3. The zero-order valence-electron chi connectivity index (χ0n) is 11.5. The highest BCUT2D eigenvalue weighted by molar-refractivity contribution is 5.76. The highest BCUT2D eigenvalue weighted by Crippen LogP contribution is 2.24. The minimum Gasteiger partial charge on any atom is -0.481 e. The molecule has 1 aliphatic carbocycles. The quantitative estimate of drug-likeness (QED) is 0.762. The number of carbonyl (C=O) groups is 2. The third kappa shape index (κ3) is 3.49. The Labute approximate surface area is 117 Å². The highest BCUT2D eigenvalue weighted by Gasteiger charge is 2.31. The average Bonchev–Trinajstić information content (AvgIpc) is 2.82. The molecule has 20 heavy (non-hydrogen) atoms. The summed E-state index contributed by atoms with van der Waals surface area (Å²) in [5.74, 6) is -0.569. The summed E-state index contributed by atoms with van der Waals surface area (Å²) in [6.07, 6.45) is 6.66. The van der Waals surface area contributed by atoms with E-state index >= 15 is 0 Å². The monoisotopic (exact) mass is 280 g/mol. The maximum absolute atomic E-state index is 11.8. The van der Waals surface area contributed by atoms with Gasteiger partial charge in [-0.05, 0) is 12.8 Å². The minimum atomic E-state index is -0.834. The summed E-state index contributed by atoms with van der Waals surface area (Å²) < 4.78 is 1.82. The molecule has 1 fully saturated rings. The molecule has 2 rings (SSSR count). The van der Waals surface area contributed by atoms with Crippen molar-refractivity contribution in [3.8, 4) is 0 Å². The smallest absolute Gasteiger partial charge is 0.315 e. The molecular formula is C13H20N4O3. The summed E-state index contributed by atoms with van der Waals surface area (Å²) in [7, 11) is 1.85. The molecule has 1 heterocycles. The van der Waals surface area contributed by atoms with Crippen LogP contribution in [0.25, 0.3) is 0 Å². The van der Waals surface area contributed by atoms with Gasteiger partial charge in [-0.25, -0.2) is 9.78 Å². The SMILES string of the molecule is Cn1ccnc1CNC(=O)NC1CCCCC1C(=O)O. The lowest BCUT2D eigenvalue weighted by Crippen LogP contribution is -2.48. The standard InChI is InChI=1S/C13H20N4O3/c1-17-7-6-14-11(17)8-15-13(20)16-10-5-3-2-4-9(10)12(18)19/h6-7,9-10H,2-5,8H2,1H3,(H,18,19)(H2,15,16,20). The van der Waals surface area contributed by atoms with Gasteiger partial charge in [0, 0.05) is 25.5 Å². The zero-order chi connectivity index (χ0) is 14.5. The minimum absolute atomic E-state index is 0.289. The molecule has 7 nitrogen and oxygen atoms in total. The first-order valence-corrected chi connectivity index (χ1v) is 6.81. The lowest BCUT2D eigenvalue weighted by atomic mass is 9.84. The third-order valence-electron chi connectivity index (χ3n) is 3.73. The molecule has 1 saturated carbocycles. The van der Waals surface area contributed by atoms with Crippen LogP contribution in [0.2, 0.25) is 0 Å². The summed E-state index contributed by atoms with van der Waals surface area (Å²) in [5.41, 5.74) is 0. The molecule has 1 aromatic rings. The summed E-state index contributed by atoms with van der Waals surface area (Å²) in [6, 6.07) is -0.631. The number of aliphatic carboxylic acids is 1. The number of hydrogen-bond acceptors (Lipinski definition) is 3. The number of carbonyl (C=O) groups excluding carboxylic acids is 1. The first-order valence-electron chi connectivity index (χ1n) is 6.81. The van der Waals surface area contributed by atoms with Crippen molar-refractivity contribution in [2.75, 3.05) is 0 Å². The van der Waals surface area contributed by atoms with E-state index in [2.05, 4.69) is 15.6 Å². The second-order valence-corrected chi connectivity index (χ2v) is 5.12. The molecule has 0 aliphatic heterocycles. The van der Waals surface area contributed by atoms with Crippen molar-refractivity contribution in [2.24, 2.45) is 13.0 Å². The van der Waals surface area contributed by atoms with Crippen LogP contribution < -0.4 is 10.6 Å². The van der Waals surface area contributed by atoms with Gasteiger partial charge in [0.2, 0.25) is 0 Å². The van der Waals surface area contributed by atoms with E-state index in [9.17, 15) is 9.59 Å². The average molecular weight is 280 g/mol. The van der Waals surface area contributed by atoms with Gasteiger partial charge in [0.25, 0.3) is 0 Å². The van der Waals surface area contributed by atoms with Crippen LogP contribution in [-0.4, -0.2) is 32.7 Å². The number of rotatable bonds is 4. The summed E-state index contributed by atoms with van der Waals surface area (Å²) >= 11 is 0. The van der Waals surface area contributed by atoms with E-state index in [0.29, 0.717) is 19.4 Å². The molecule has 2 amide bonds. The molecule has 2 unspecified atom stereocenters. The van der Waals surface area contributed by atoms with Crippen LogP contribution in [0.1, 0.15) is 31.5 Å². The zero-order valence-corrected chi connectivity index (χ0v) is 11.5. The third-order valence-corrected chi connectivity index (χ3v) is 3.73. The summed E-state index contributed by atoms with van der Waals surface area (Å²) in [5, 5.41) is 14.6. The Balaban J connectivity index is 1.84. The topological polar surface area (TPSA) is 96.3 Å². The van der Waals surface area contributed by atoms with Crippen LogP contribution >= 0.6 is 0 Å². The molecule has 110 valence electrons. The van der Waals surface area contributed by atoms with Crippen LogP contribution in [0, 0.1) is 5.92 Å². The van der Waals surface area contributed by atoms with Gasteiger partial charge in [0.15, 0.2) is 0 Å². The molecule has 1 aromatic heterocycles. The first kappa shape index (κ1) is 14.4. The fraction of sp³-hybridized carbons (Fsp3) is 0.615. The summed E-state index contributed by atoms with van der Waals surface area (Å²) in [6.45, 7) is 0.319. The van der Waals surface area contributed by atoms with Gasteiger partial charge in [0.05, 0.1) is 12.5 Å². The van der Waals surface area contributed by atoms with E-state index < -0.39 is 11.9 Å². The van der Waals surface area contributed by atoms with E-state index in [1.807, 2.05) is 11.6 Å². The van der Waals surface area contributed by atoms with Crippen LogP contribution in [0.15, 0.2) is 12.4 Å². The lowest BCUT2D eigenvalue weighted by Gasteiger charge is -2.29. The van der Waals surface area contributed by atoms with Crippen molar-refractivity contribution in [3.05, 3.63) is 18.2 Å². The first-order chi connectivity index (χ1) is 9.58. The number of amides is 2. The van der Waals surface area contributed by atoms with Gasteiger partial charge < -0.3 is 20.3 Å². The van der Waals surface area contributed by atoms with Crippen molar-refractivity contribution < 1.29 is 14.7 Å². The predicted octanol–water partition coefficient (Wildman–Crippen LogP) is 0.863. The van der Waals surface area contributed by atoms with Gasteiger partial charge in [-0.3, -0.25) is 4.79 Å². The van der Waals surface area contributed by atoms with E-state index in [-0.39, 0.29) is 12.1 Å². The Morgan fingerprint density at radius 1 is 1.45 bits per heavy atom. The molecule has 0 saturated heterocycles. The Morgan fingerprint density at radius 2 is 2.20 bits per heavy atom. The fourth-order valence-corrected chi connectivity index (χ4v) is 2.54. The van der Waals surface area contributed by atoms with E-state index in [1.165, 1.54) is 0 Å². The second kappa shape index (κ2) is 6.40. The number of urea groups is 1. The lowest BCUT2D eigenvalue weighted by molar-refractivity contribution is -0.143. The highest BCUT2D eigenvalue weighted by atomic mass is 16.4. The number of aryl methyl sites for hydroxylation is 1. The second-order valence-electron chi connectivity index (χ2n) is 5.12. The number of carboxylic acid groups (broad SMARTS) is 1. The van der Waals surface area contributed by atoms with Crippen LogP contribution in [0.3, 0.4) is 0 Å². The molecule has 7 heteroatoms. The molecule has 0 spiro atoms. The largest absolute Gasteiger partial charge is 0.481 e. The van der Waals surface area contributed by atoms with Gasteiger partial charge in [-0.1, -0.05) is 12.8 Å². The maximum Gasteiger partial charge on any atom is 0.315 e. The molecule has 0 aromatic carbocycles. The fourth-order valence-electron chi connectivity index (χ4n) is 2.54. The Kier molecular flexibility index (Phi) is 4.60. The van der Waals surface area contributed by atoms with Crippen molar-refractivity contribution in [1.82, 2.24) is 20.2 Å². The van der Waals surface area contributed by atoms with Crippen LogP contribution in [-0.2, 0) is 18.4 Å². The van der Waals surface area contributed by atoms with Gasteiger partial charge in [0.1, 0.15) is 5.82 Å². The Morgan fingerprint density at radius 3 is 2.85 bits per heavy atom. The van der Waals surface area contributed by atoms with Crippen molar-refractivity contribution in [3.63, 3.8) is 0 Å². The van der Waals surface area contributed by atoms with Crippen LogP contribution in [0.4, 0.5) is 4.79 Å². The molecule has 2 atom stereocenters. The van der Waals surface area contributed by atoms with E-state index in [1.54, 1.807) is 12.4 Å². The number of aromatic nitrogens is 2. The van der Waals surface area contributed by atoms with Crippen molar-refractivity contribution in [2.45, 2.75) is 38.3 Å². The molecule has 3 N–H and O–H groups in total. The normalized spacial score (nSPS) is 22.2. The molecule has 1 aliphatic rings. The van der Waals surface area contributed by atoms with Gasteiger partial charge in [-0.2, -0.15) is 0 Å². The molecular weight excluding hydrogens is 260 g/mol. The number of nitrogens with zero attached hydrogens (tertiary/aromatic N) is 2. The van der Waals surface area contributed by atoms with Crippen LogP contribution in [0.5, 0.6) is 0 Å². The molecule has 0 radical (unpaired) electrons. The van der Waals surface area contributed by atoms with Gasteiger partial charge >= 0.3 is 12.0 Å². The predicted molar refractivity (Wildman–Crippen MR) is 72.0 cm³/mol. The summed E-state index contributed by atoms with van der Waals surface area (Å²) in [4.78, 5) is 27.1. The van der Waals surface area contributed by atoms with E-state index in [0.717, 1.165) is 18.7 Å². The van der Waals surface area contributed by atoms with Crippen molar-refractivity contribution >= 4 is 12.0 Å². The number of imidazole rings is 1. The van der Waals surface area contributed by atoms with Gasteiger partial charge in [-0.15, -0.1) is 0 Å². The number of carboxylic acids is 1. The molecule has 0 bridgehead atoms. The number of nitrogens with one attached hydrogen (secondary N) is 2. The Hall–Kier alpha value is -2.05. The Bertz CT molecular complexity index is 486. The van der Waals surface area contributed by atoms with E-state index in [4.69, 9.17) is 5.11 Å². The van der Waals surface area contributed by atoms with Crippen molar-refractivity contribution in [1.29, 1.82) is 0 Å². The maximum atomic E-state index is 11.8.